The van der Waals surface area contributed by atoms with Gasteiger partial charge in [-0.05, 0) is 51.3 Å². The average molecular weight is 389 g/mol. The summed E-state index contributed by atoms with van der Waals surface area (Å²) in [5, 5.41) is 2.37. The van der Waals surface area contributed by atoms with Crippen LogP contribution in [0.4, 0.5) is 0 Å². The van der Waals surface area contributed by atoms with Gasteiger partial charge in [0.05, 0.1) is 13.7 Å². The van der Waals surface area contributed by atoms with Crippen LogP contribution in [0.2, 0.25) is 0 Å². The molecule has 1 aromatic carbocycles. The van der Waals surface area contributed by atoms with Gasteiger partial charge in [-0.25, -0.2) is 9.78 Å². The summed E-state index contributed by atoms with van der Waals surface area (Å²) in [6.07, 6.45) is 3.33. The Kier molecular flexibility index (Phi) is 7.13. The number of benzene rings is 1. The first-order valence-electron chi connectivity index (χ1n) is 9.20. The molecule has 0 bridgehead atoms. The number of esters is 1. The van der Waals surface area contributed by atoms with E-state index < -0.39 is 5.97 Å². The number of thiazole rings is 1. The van der Waals surface area contributed by atoms with Gasteiger partial charge >= 0.3 is 5.97 Å². The molecule has 1 amide bonds. The zero-order valence-electron chi connectivity index (χ0n) is 16.7. The third-order valence-electron chi connectivity index (χ3n) is 4.31. The van der Waals surface area contributed by atoms with Crippen LogP contribution in [0.15, 0.2) is 29.6 Å². The summed E-state index contributed by atoms with van der Waals surface area (Å²) < 4.78 is 4.70. The van der Waals surface area contributed by atoms with E-state index >= 15 is 0 Å². The van der Waals surface area contributed by atoms with Crippen LogP contribution >= 0.6 is 11.3 Å². The van der Waals surface area contributed by atoms with Gasteiger partial charge in [0.2, 0.25) is 0 Å². The molecule has 0 fully saturated rings. The number of hydrogen-bond acceptors (Lipinski definition) is 5. The second kappa shape index (κ2) is 9.13. The number of unbranched alkanes of at least 4 members (excludes halogenated alkanes) is 1. The highest BCUT2D eigenvalue weighted by Crippen LogP contribution is 2.23. The van der Waals surface area contributed by atoms with Gasteiger partial charge in [-0.3, -0.25) is 4.79 Å². The maximum atomic E-state index is 13.1. The SMILES string of the molecule is CCCCc1ccc(C(=O)N(Cc2nc(C(=O)OC)cs2)C(C)(C)C)cc1. The highest BCUT2D eigenvalue weighted by atomic mass is 32.1. The normalized spacial score (nSPS) is 11.3. The lowest BCUT2D eigenvalue weighted by molar-refractivity contribution is 0.0558. The summed E-state index contributed by atoms with van der Waals surface area (Å²) >= 11 is 1.36. The summed E-state index contributed by atoms with van der Waals surface area (Å²) in [5.41, 5.74) is 1.81. The number of carbonyl (C=O) groups is 2. The number of ether oxygens (including phenoxy) is 1. The molecule has 0 aliphatic carbocycles. The Labute approximate surface area is 165 Å². The second-order valence-corrected chi connectivity index (χ2v) is 8.42. The molecule has 0 spiro atoms. The Bertz CT molecular complexity index is 775. The van der Waals surface area contributed by atoms with Crippen molar-refractivity contribution in [1.82, 2.24) is 9.88 Å². The Morgan fingerprint density at radius 3 is 2.41 bits per heavy atom. The van der Waals surface area contributed by atoms with Crippen LogP contribution in [0, 0.1) is 0 Å². The van der Waals surface area contributed by atoms with Gasteiger partial charge in [0, 0.05) is 16.5 Å². The van der Waals surface area contributed by atoms with E-state index in [4.69, 9.17) is 4.74 Å². The van der Waals surface area contributed by atoms with Crippen molar-refractivity contribution in [1.29, 1.82) is 0 Å². The molecule has 0 aliphatic rings. The highest BCUT2D eigenvalue weighted by Gasteiger charge is 2.28. The van der Waals surface area contributed by atoms with Crippen molar-refractivity contribution in [3.63, 3.8) is 0 Å². The average Bonchev–Trinajstić information content (AvgIpc) is 3.11. The van der Waals surface area contributed by atoms with Crippen molar-refractivity contribution >= 4 is 23.2 Å². The van der Waals surface area contributed by atoms with Gasteiger partial charge in [0.15, 0.2) is 5.69 Å². The van der Waals surface area contributed by atoms with Crippen molar-refractivity contribution in [2.75, 3.05) is 7.11 Å². The molecule has 27 heavy (non-hydrogen) atoms. The maximum absolute atomic E-state index is 13.1. The van der Waals surface area contributed by atoms with Crippen molar-refractivity contribution in [2.24, 2.45) is 0 Å². The zero-order valence-corrected chi connectivity index (χ0v) is 17.6. The molecular weight excluding hydrogens is 360 g/mol. The molecular formula is C21H28N2O3S. The predicted molar refractivity (Wildman–Crippen MR) is 108 cm³/mol. The fourth-order valence-electron chi connectivity index (χ4n) is 2.68. The fraction of sp³-hybridized carbons (Fsp3) is 0.476. The fourth-order valence-corrected chi connectivity index (χ4v) is 3.43. The first kappa shape index (κ1) is 21.1. The molecule has 2 rings (SSSR count). The van der Waals surface area contributed by atoms with Crippen LogP contribution in [0.1, 0.15) is 72.0 Å². The Balaban J connectivity index is 2.19. The van der Waals surface area contributed by atoms with Gasteiger partial charge in [-0.15, -0.1) is 11.3 Å². The molecule has 1 heterocycles. The van der Waals surface area contributed by atoms with E-state index in [2.05, 4.69) is 11.9 Å². The molecule has 0 saturated carbocycles. The van der Waals surface area contributed by atoms with E-state index in [0.717, 1.165) is 19.3 Å². The van der Waals surface area contributed by atoms with E-state index in [9.17, 15) is 9.59 Å². The lowest BCUT2D eigenvalue weighted by Crippen LogP contribution is -2.45. The van der Waals surface area contributed by atoms with Crippen molar-refractivity contribution < 1.29 is 14.3 Å². The number of carbonyl (C=O) groups excluding carboxylic acids is 2. The molecule has 0 saturated heterocycles. The molecule has 0 unspecified atom stereocenters. The first-order valence-corrected chi connectivity index (χ1v) is 10.1. The third-order valence-corrected chi connectivity index (χ3v) is 5.15. The van der Waals surface area contributed by atoms with Crippen molar-refractivity contribution in [3.05, 3.63) is 51.5 Å². The van der Waals surface area contributed by atoms with E-state index in [1.807, 2.05) is 45.0 Å². The molecule has 2 aromatic rings. The number of aromatic nitrogens is 1. The lowest BCUT2D eigenvalue weighted by Gasteiger charge is -2.35. The molecule has 0 radical (unpaired) electrons. The largest absolute Gasteiger partial charge is 0.464 e. The first-order chi connectivity index (χ1) is 12.8. The third kappa shape index (κ3) is 5.63. The molecule has 5 nitrogen and oxygen atoms in total. The van der Waals surface area contributed by atoms with Crippen molar-refractivity contribution in [3.8, 4) is 0 Å². The van der Waals surface area contributed by atoms with E-state index in [-0.39, 0.29) is 17.1 Å². The van der Waals surface area contributed by atoms with E-state index in [1.54, 1.807) is 10.3 Å². The van der Waals surface area contributed by atoms with E-state index in [0.29, 0.717) is 17.1 Å². The molecule has 0 atom stereocenters. The number of hydrogen-bond donors (Lipinski definition) is 0. The van der Waals surface area contributed by atoms with E-state index in [1.165, 1.54) is 24.0 Å². The van der Waals surface area contributed by atoms with Crippen LogP contribution in [0.25, 0.3) is 0 Å². The van der Waals surface area contributed by atoms with Crippen LogP contribution in [-0.4, -0.2) is 34.4 Å². The number of nitrogens with zero attached hydrogens (tertiary/aromatic N) is 2. The van der Waals surface area contributed by atoms with Gasteiger partial charge in [-0.2, -0.15) is 0 Å². The lowest BCUT2D eigenvalue weighted by atomic mass is 10.0. The smallest absolute Gasteiger partial charge is 0.357 e. The summed E-state index contributed by atoms with van der Waals surface area (Å²) in [4.78, 5) is 30.8. The van der Waals surface area contributed by atoms with Gasteiger partial charge in [-0.1, -0.05) is 25.5 Å². The van der Waals surface area contributed by atoms with Crippen LogP contribution in [-0.2, 0) is 17.7 Å². The monoisotopic (exact) mass is 388 g/mol. The number of methoxy groups -OCH3 is 1. The number of rotatable bonds is 7. The Morgan fingerprint density at radius 1 is 1.19 bits per heavy atom. The minimum atomic E-state index is -0.464. The van der Waals surface area contributed by atoms with Crippen LogP contribution in [0.3, 0.4) is 0 Å². The van der Waals surface area contributed by atoms with Crippen LogP contribution in [0.5, 0.6) is 0 Å². The summed E-state index contributed by atoms with van der Waals surface area (Å²) in [7, 11) is 1.33. The van der Waals surface area contributed by atoms with Crippen molar-refractivity contribution in [2.45, 2.75) is 59.0 Å². The highest BCUT2D eigenvalue weighted by molar-refractivity contribution is 7.09. The standard InChI is InChI=1S/C21H28N2O3S/c1-6-7-8-15-9-11-16(12-10-15)19(24)23(21(2,3)4)13-18-22-17(14-27-18)20(25)26-5/h9-12,14H,6-8,13H2,1-5H3. The van der Waals surface area contributed by atoms with Gasteiger partial charge < -0.3 is 9.64 Å². The quantitative estimate of drug-likeness (QED) is 0.644. The van der Waals surface area contributed by atoms with Gasteiger partial charge in [0.1, 0.15) is 5.01 Å². The minimum absolute atomic E-state index is 0.0423. The Hall–Kier alpha value is -2.21. The molecule has 146 valence electrons. The second-order valence-electron chi connectivity index (χ2n) is 7.48. The maximum Gasteiger partial charge on any atom is 0.357 e. The summed E-state index contributed by atoms with van der Waals surface area (Å²) in [6.45, 7) is 8.50. The molecule has 1 aromatic heterocycles. The molecule has 0 aliphatic heterocycles. The van der Waals surface area contributed by atoms with Gasteiger partial charge in [0.25, 0.3) is 5.91 Å². The number of aryl methyl sites for hydroxylation is 1. The zero-order chi connectivity index (χ0) is 20.0. The summed E-state index contributed by atoms with van der Waals surface area (Å²) in [5.74, 6) is -0.506. The molecule has 0 N–H and O–H groups in total. The Morgan fingerprint density at radius 2 is 1.85 bits per heavy atom. The minimum Gasteiger partial charge on any atom is -0.464 e. The topological polar surface area (TPSA) is 59.5 Å². The molecule has 6 heteroatoms. The van der Waals surface area contributed by atoms with Crippen LogP contribution < -0.4 is 0 Å². The number of amides is 1. The summed E-state index contributed by atoms with van der Waals surface area (Å²) in [6, 6.07) is 7.85. The predicted octanol–water partition coefficient (Wildman–Crippen LogP) is 4.71.